The monoisotopic (exact) mass is 284 g/mol. The van der Waals surface area contributed by atoms with Crippen LogP contribution in [0.2, 0.25) is 0 Å². The number of anilines is 1. The highest BCUT2D eigenvalue weighted by Gasteiger charge is 2.19. The Balaban J connectivity index is 2.04. The van der Waals surface area contributed by atoms with Crippen LogP contribution in [0.1, 0.15) is 6.92 Å². The summed E-state index contributed by atoms with van der Waals surface area (Å²) in [5.41, 5.74) is -0.447. The first kappa shape index (κ1) is 13.5. The summed E-state index contributed by atoms with van der Waals surface area (Å²) in [6.45, 7) is 1.60. The molecule has 5 nitrogen and oxygen atoms in total. The van der Waals surface area contributed by atoms with Crippen molar-refractivity contribution in [3.8, 4) is 0 Å². The van der Waals surface area contributed by atoms with Crippen molar-refractivity contribution in [3.05, 3.63) is 36.2 Å². The van der Waals surface area contributed by atoms with E-state index in [4.69, 9.17) is 0 Å². The minimum absolute atomic E-state index is 0.447. The van der Waals surface area contributed by atoms with Gasteiger partial charge in [0.25, 0.3) is 0 Å². The van der Waals surface area contributed by atoms with Gasteiger partial charge in [0.05, 0.1) is 5.25 Å². The van der Waals surface area contributed by atoms with Crippen LogP contribution in [0.5, 0.6) is 0 Å². The lowest BCUT2D eigenvalue weighted by Crippen LogP contribution is -2.23. The average Bonchev–Trinajstić information content (AvgIpc) is 2.86. The van der Waals surface area contributed by atoms with Crippen LogP contribution in [0.4, 0.5) is 14.5 Å². The van der Waals surface area contributed by atoms with Crippen LogP contribution in [-0.4, -0.2) is 26.3 Å². The Hall–Kier alpha value is -1.96. The third kappa shape index (κ3) is 3.28. The zero-order valence-corrected chi connectivity index (χ0v) is 10.7. The van der Waals surface area contributed by atoms with Gasteiger partial charge in [0, 0.05) is 0 Å². The van der Waals surface area contributed by atoms with Crippen LogP contribution in [0.15, 0.2) is 29.7 Å². The van der Waals surface area contributed by atoms with Gasteiger partial charge < -0.3 is 5.32 Å². The number of H-pyrrole nitrogens is 1. The maximum Gasteiger partial charge on any atom is 0.237 e. The predicted octanol–water partition coefficient (Wildman–Crippen LogP) is 2.20. The summed E-state index contributed by atoms with van der Waals surface area (Å²) in [5.74, 6) is -2.15. The van der Waals surface area contributed by atoms with E-state index in [0.717, 1.165) is 23.9 Å². The molecule has 100 valence electrons. The first-order chi connectivity index (χ1) is 9.08. The van der Waals surface area contributed by atoms with E-state index in [0.29, 0.717) is 5.16 Å². The molecule has 0 saturated carbocycles. The Bertz CT molecular complexity index is 556. The molecule has 1 atom stereocenters. The third-order valence-electron chi connectivity index (χ3n) is 2.26. The molecule has 2 rings (SSSR count). The molecule has 0 saturated heterocycles. The lowest BCUT2D eigenvalue weighted by atomic mass is 10.3. The summed E-state index contributed by atoms with van der Waals surface area (Å²) in [5, 5.41) is 8.32. The normalized spacial score (nSPS) is 12.2. The van der Waals surface area contributed by atoms with Gasteiger partial charge in [-0.1, -0.05) is 17.8 Å². The Kier molecular flexibility index (Phi) is 4.10. The van der Waals surface area contributed by atoms with Crippen LogP contribution in [-0.2, 0) is 4.79 Å². The van der Waals surface area contributed by atoms with E-state index in [1.54, 1.807) is 6.92 Å². The van der Waals surface area contributed by atoms with E-state index >= 15 is 0 Å². The molecule has 0 aliphatic heterocycles. The Labute approximate surface area is 111 Å². The van der Waals surface area contributed by atoms with Crippen molar-refractivity contribution in [3.63, 3.8) is 0 Å². The van der Waals surface area contributed by atoms with Gasteiger partial charge in [-0.25, -0.2) is 13.8 Å². The molecule has 1 amide bonds. The molecule has 0 radical (unpaired) electrons. The van der Waals surface area contributed by atoms with E-state index < -0.39 is 28.5 Å². The second-order valence-electron chi connectivity index (χ2n) is 3.64. The van der Waals surface area contributed by atoms with Crippen molar-refractivity contribution in [2.24, 2.45) is 0 Å². The first-order valence-electron chi connectivity index (χ1n) is 5.35. The summed E-state index contributed by atoms with van der Waals surface area (Å²) in [4.78, 5) is 15.7. The Morgan fingerprint density at radius 2 is 2.11 bits per heavy atom. The van der Waals surface area contributed by atoms with E-state index in [2.05, 4.69) is 20.5 Å². The van der Waals surface area contributed by atoms with Crippen molar-refractivity contribution in [1.29, 1.82) is 0 Å². The molecule has 1 aromatic heterocycles. The fraction of sp³-hybridized carbons (Fsp3) is 0.182. The van der Waals surface area contributed by atoms with Gasteiger partial charge in [0.2, 0.25) is 5.91 Å². The van der Waals surface area contributed by atoms with E-state index in [1.165, 1.54) is 12.4 Å². The van der Waals surface area contributed by atoms with Crippen LogP contribution < -0.4 is 5.32 Å². The molecule has 2 N–H and O–H groups in total. The zero-order valence-electron chi connectivity index (χ0n) is 9.85. The lowest BCUT2D eigenvalue weighted by Gasteiger charge is -2.11. The van der Waals surface area contributed by atoms with Gasteiger partial charge in [-0.05, 0) is 19.1 Å². The number of amides is 1. The van der Waals surface area contributed by atoms with Gasteiger partial charge in [-0.15, -0.1) is 0 Å². The molecular formula is C11H10F2N4OS. The number of aromatic amines is 1. The van der Waals surface area contributed by atoms with Gasteiger partial charge in [0.15, 0.2) is 5.16 Å². The van der Waals surface area contributed by atoms with Crippen molar-refractivity contribution < 1.29 is 13.6 Å². The smallest absolute Gasteiger partial charge is 0.237 e. The second-order valence-corrected chi connectivity index (χ2v) is 4.97. The topological polar surface area (TPSA) is 70.7 Å². The summed E-state index contributed by atoms with van der Waals surface area (Å²) >= 11 is 1.10. The number of hydrogen-bond donors (Lipinski definition) is 2. The number of nitrogens with zero attached hydrogens (tertiary/aromatic N) is 2. The minimum Gasteiger partial charge on any atom is -0.320 e. The van der Waals surface area contributed by atoms with Crippen molar-refractivity contribution in [1.82, 2.24) is 15.2 Å². The zero-order chi connectivity index (χ0) is 13.8. The van der Waals surface area contributed by atoms with E-state index in [-0.39, 0.29) is 0 Å². The second kappa shape index (κ2) is 5.79. The molecule has 19 heavy (non-hydrogen) atoms. The average molecular weight is 284 g/mol. The summed E-state index contributed by atoms with van der Waals surface area (Å²) in [6, 6.07) is 3.38. The van der Waals surface area contributed by atoms with Crippen LogP contribution >= 0.6 is 11.8 Å². The number of nitrogens with one attached hydrogen (secondary N) is 2. The number of carbonyl (C=O) groups is 1. The molecule has 2 aromatic rings. The molecule has 0 bridgehead atoms. The first-order valence-corrected chi connectivity index (χ1v) is 6.23. The van der Waals surface area contributed by atoms with Crippen molar-refractivity contribution in [2.45, 2.75) is 17.3 Å². The summed E-state index contributed by atoms with van der Waals surface area (Å²) in [7, 11) is 0. The maximum atomic E-state index is 13.4. The fourth-order valence-electron chi connectivity index (χ4n) is 1.31. The molecule has 8 heteroatoms. The highest BCUT2D eigenvalue weighted by Crippen LogP contribution is 2.22. The summed E-state index contributed by atoms with van der Waals surface area (Å²) < 4.78 is 26.7. The molecule has 0 fully saturated rings. The number of hydrogen-bond acceptors (Lipinski definition) is 4. The van der Waals surface area contributed by atoms with Crippen LogP contribution in [0, 0.1) is 11.6 Å². The third-order valence-corrected chi connectivity index (χ3v) is 3.25. The number of halogens is 2. The highest BCUT2D eigenvalue weighted by atomic mass is 32.2. The standard InChI is InChI=1S/C11H10F2N4OS/c1-6(19-11-14-5-15-17-11)10(18)16-9-7(12)3-2-4-8(9)13/h2-6H,1H3,(H,16,18)(H,14,15,17)/t6-/m0/s1. The minimum atomic E-state index is -0.815. The fourth-order valence-corrected chi connectivity index (χ4v) is 2.03. The van der Waals surface area contributed by atoms with Gasteiger partial charge in [-0.3, -0.25) is 9.89 Å². The maximum absolute atomic E-state index is 13.4. The molecule has 0 aliphatic rings. The summed E-state index contributed by atoms with van der Waals surface area (Å²) in [6.07, 6.45) is 1.31. The number of para-hydroxylation sites is 1. The van der Waals surface area contributed by atoms with Crippen LogP contribution in [0.25, 0.3) is 0 Å². The number of benzene rings is 1. The number of thioether (sulfide) groups is 1. The van der Waals surface area contributed by atoms with Gasteiger partial charge in [0.1, 0.15) is 23.6 Å². The largest absolute Gasteiger partial charge is 0.320 e. The number of rotatable bonds is 4. The van der Waals surface area contributed by atoms with Crippen molar-refractivity contribution in [2.75, 3.05) is 5.32 Å². The quantitative estimate of drug-likeness (QED) is 0.844. The SMILES string of the molecule is C[C@H](Sc1ncn[nH]1)C(=O)Nc1c(F)cccc1F. The molecular weight excluding hydrogens is 274 g/mol. The molecule has 0 unspecified atom stereocenters. The van der Waals surface area contributed by atoms with E-state index in [1.807, 2.05) is 0 Å². The molecule has 1 aromatic carbocycles. The van der Waals surface area contributed by atoms with Crippen molar-refractivity contribution >= 4 is 23.4 Å². The predicted molar refractivity (Wildman–Crippen MR) is 66.7 cm³/mol. The lowest BCUT2D eigenvalue weighted by molar-refractivity contribution is -0.115. The Morgan fingerprint density at radius 3 is 2.68 bits per heavy atom. The highest BCUT2D eigenvalue weighted by molar-refractivity contribution is 8.00. The number of carbonyl (C=O) groups excluding carboxylic acids is 1. The molecule has 1 heterocycles. The molecule has 0 aliphatic carbocycles. The molecule has 0 spiro atoms. The van der Waals surface area contributed by atoms with Gasteiger partial charge >= 0.3 is 0 Å². The van der Waals surface area contributed by atoms with E-state index in [9.17, 15) is 13.6 Å². The number of aromatic nitrogens is 3. The van der Waals surface area contributed by atoms with Crippen LogP contribution in [0.3, 0.4) is 0 Å². The Morgan fingerprint density at radius 1 is 1.42 bits per heavy atom. The van der Waals surface area contributed by atoms with Gasteiger partial charge in [-0.2, -0.15) is 5.10 Å².